The van der Waals surface area contributed by atoms with Gasteiger partial charge < -0.3 is 4.90 Å². The van der Waals surface area contributed by atoms with Crippen LogP contribution in [0, 0.1) is 6.92 Å². The Morgan fingerprint density at radius 1 is 1.07 bits per heavy atom. The van der Waals surface area contributed by atoms with Gasteiger partial charge in [0.1, 0.15) is 0 Å². The third-order valence-electron chi connectivity index (χ3n) is 5.43. The minimum atomic E-state index is -3.08. The second kappa shape index (κ2) is 7.63. The van der Waals surface area contributed by atoms with Crippen LogP contribution in [0.1, 0.15) is 16.0 Å². The molecular formula is C21H27N3O2S2. The van der Waals surface area contributed by atoms with Crippen molar-refractivity contribution in [3.8, 4) is 0 Å². The van der Waals surface area contributed by atoms with E-state index in [1.165, 1.54) is 37.6 Å². The Labute approximate surface area is 171 Å². The van der Waals surface area contributed by atoms with E-state index in [-0.39, 0.29) is 0 Å². The van der Waals surface area contributed by atoms with Gasteiger partial charge in [-0.15, -0.1) is 11.3 Å². The van der Waals surface area contributed by atoms with Crippen LogP contribution in [0.25, 0.3) is 11.8 Å². The van der Waals surface area contributed by atoms with Crippen molar-refractivity contribution >= 4 is 33.1 Å². The lowest BCUT2D eigenvalue weighted by Gasteiger charge is -2.32. The molecule has 28 heavy (non-hydrogen) atoms. The molecule has 0 bridgehead atoms. The normalized spacial score (nSPS) is 18.8. The van der Waals surface area contributed by atoms with Gasteiger partial charge in [-0.25, -0.2) is 8.42 Å². The maximum absolute atomic E-state index is 11.7. The summed E-state index contributed by atoms with van der Waals surface area (Å²) in [6.45, 7) is 6.66. The van der Waals surface area contributed by atoms with Gasteiger partial charge in [0.05, 0.1) is 6.26 Å². The number of benzene rings is 1. The van der Waals surface area contributed by atoms with Crippen molar-refractivity contribution in [2.75, 3.05) is 46.0 Å². The average Bonchev–Trinajstić information content (AvgIpc) is 3.03. The standard InChI is InChI=1S/C21H27N3O2S2/c1-16-4-6-17(7-5-16)20-15-22(2)13-18-12-19(27-21(18)20)14-23-8-10-24(11-9-23)28(3,25)26/h4-7,12-13H,8-11,14-15H2,1-3H3. The summed E-state index contributed by atoms with van der Waals surface area (Å²) in [4.78, 5) is 5.95. The van der Waals surface area contributed by atoms with Crippen LogP contribution in [0.4, 0.5) is 0 Å². The van der Waals surface area contributed by atoms with E-state index in [4.69, 9.17) is 0 Å². The van der Waals surface area contributed by atoms with E-state index >= 15 is 0 Å². The van der Waals surface area contributed by atoms with E-state index in [0.29, 0.717) is 13.1 Å². The molecule has 0 unspecified atom stereocenters. The van der Waals surface area contributed by atoms with E-state index in [0.717, 1.165) is 26.2 Å². The van der Waals surface area contributed by atoms with E-state index in [2.05, 4.69) is 60.3 Å². The number of piperazine rings is 1. The van der Waals surface area contributed by atoms with Crippen molar-refractivity contribution in [1.82, 2.24) is 14.1 Å². The van der Waals surface area contributed by atoms with Crippen molar-refractivity contribution in [1.29, 1.82) is 0 Å². The highest BCUT2D eigenvalue weighted by atomic mass is 32.2. The lowest BCUT2D eigenvalue weighted by atomic mass is 10.0. The quantitative estimate of drug-likeness (QED) is 0.745. The van der Waals surface area contributed by atoms with Crippen molar-refractivity contribution in [2.45, 2.75) is 13.5 Å². The van der Waals surface area contributed by atoms with Crippen LogP contribution in [-0.4, -0.2) is 68.6 Å². The van der Waals surface area contributed by atoms with Gasteiger partial charge in [-0.05, 0) is 24.1 Å². The summed E-state index contributed by atoms with van der Waals surface area (Å²) in [6, 6.07) is 11.1. The summed E-state index contributed by atoms with van der Waals surface area (Å²) < 4.78 is 26.4. The van der Waals surface area contributed by atoms with Crippen LogP contribution in [0.15, 0.2) is 30.3 Å². The van der Waals surface area contributed by atoms with Gasteiger partial charge >= 0.3 is 0 Å². The Morgan fingerprint density at radius 2 is 1.75 bits per heavy atom. The molecule has 4 rings (SSSR count). The molecule has 5 nitrogen and oxygen atoms in total. The largest absolute Gasteiger partial charge is 0.375 e. The number of rotatable bonds is 4. The van der Waals surface area contributed by atoms with Gasteiger partial charge in [0.2, 0.25) is 10.0 Å². The van der Waals surface area contributed by atoms with Crippen LogP contribution >= 0.6 is 11.3 Å². The molecule has 150 valence electrons. The van der Waals surface area contributed by atoms with Crippen molar-refractivity contribution in [2.24, 2.45) is 0 Å². The smallest absolute Gasteiger partial charge is 0.211 e. The predicted octanol–water partition coefficient (Wildman–Crippen LogP) is 1.02. The van der Waals surface area contributed by atoms with E-state index in [1.54, 1.807) is 4.31 Å². The summed E-state index contributed by atoms with van der Waals surface area (Å²) in [7, 11) is -0.952. The minimum Gasteiger partial charge on any atom is -0.375 e. The van der Waals surface area contributed by atoms with Gasteiger partial charge in [-0.1, -0.05) is 29.8 Å². The highest BCUT2D eigenvalue weighted by Crippen LogP contribution is 2.18. The molecule has 0 N–H and O–H groups in total. The zero-order chi connectivity index (χ0) is 19.9. The average molecular weight is 418 g/mol. The summed E-state index contributed by atoms with van der Waals surface area (Å²) in [6.07, 6.45) is 3.53. The summed E-state index contributed by atoms with van der Waals surface area (Å²) in [5.74, 6) is 0. The molecule has 1 fully saturated rings. The molecule has 0 saturated carbocycles. The van der Waals surface area contributed by atoms with Gasteiger partial charge in [-0.2, -0.15) is 4.31 Å². The van der Waals surface area contributed by atoms with E-state index in [9.17, 15) is 8.42 Å². The molecule has 1 aromatic heterocycles. The Morgan fingerprint density at radius 3 is 2.39 bits per heavy atom. The molecule has 0 spiro atoms. The van der Waals surface area contributed by atoms with Crippen LogP contribution in [0.3, 0.4) is 0 Å². The van der Waals surface area contributed by atoms with Gasteiger partial charge in [0.15, 0.2) is 0 Å². The van der Waals surface area contributed by atoms with Crippen LogP contribution in [0.2, 0.25) is 0 Å². The van der Waals surface area contributed by atoms with Crippen LogP contribution in [-0.2, 0) is 16.6 Å². The zero-order valence-electron chi connectivity index (χ0n) is 16.7. The molecule has 7 heteroatoms. The topological polar surface area (TPSA) is 43.9 Å². The Bertz CT molecular complexity index is 1080. The Balaban J connectivity index is 1.59. The molecule has 1 aromatic carbocycles. The maximum Gasteiger partial charge on any atom is 0.211 e. The lowest BCUT2D eigenvalue weighted by molar-refractivity contribution is 0.183. The summed E-state index contributed by atoms with van der Waals surface area (Å²) in [5, 5.41) is 1.29. The first-order valence-electron chi connectivity index (χ1n) is 9.58. The van der Waals surface area contributed by atoms with E-state index < -0.39 is 10.0 Å². The summed E-state index contributed by atoms with van der Waals surface area (Å²) in [5.41, 5.74) is 3.96. The number of nitrogens with zero attached hydrogens (tertiary/aromatic N) is 3. The Kier molecular flexibility index (Phi) is 5.35. The number of hydrogen-bond donors (Lipinski definition) is 0. The minimum absolute atomic E-state index is 0.583. The molecule has 2 aliphatic heterocycles. The fraction of sp³-hybridized carbons (Fsp3) is 0.429. The fourth-order valence-corrected chi connectivity index (χ4v) is 5.95. The SMILES string of the molecule is Cc1ccc(C2=c3sc(CN4CCN(S(C)(=O)=O)CC4)cc3=CN(C)C2)cc1. The van der Waals surface area contributed by atoms with E-state index in [1.807, 2.05) is 11.3 Å². The monoisotopic (exact) mass is 417 g/mol. The number of hydrogen-bond acceptors (Lipinski definition) is 5. The summed E-state index contributed by atoms with van der Waals surface area (Å²) >= 11 is 1.88. The number of aryl methyl sites for hydroxylation is 1. The molecular weight excluding hydrogens is 390 g/mol. The number of thiophene rings is 1. The molecule has 3 heterocycles. The van der Waals surface area contributed by atoms with Crippen molar-refractivity contribution in [3.63, 3.8) is 0 Å². The molecule has 2 aromatic rings. The highest BCUT2D eigenvalue weighted by molar-refractivity contribution is 7.88. The number of likely N-dealkylation sites (N-methyl/N-ethyl adjacent to an activating group) is 1. The van der Waals surface area contributed by atoms with Crippen molar-refractivity contribution in [3.05, 3.63) is 56.1 Å². The second-order valence-electron chi connectivity index (χ2n) is 7.82. The molecule has 0 aliphatic carbocycles. The first kappa shape index (κ1) is 19.6. The number of sulfonamides is 1. The molecule has 1 saturated heterocycles. The third-order valence-corrected chi connectivity index (χ3v) is 7.93. The van der Waals surface area contributed by atoms with Crippen LogP contribution in [0.5, 0.6) is 0 Å². The molecule has 0 atom stereocenters. The Hall–Kier alpha value is -1.67. The zero-order valence-corrected chi connectivity index (χ0v) is 18.3. The molecule has 0 radical (unpaired) electrons. The first-order valence-corrected chi connectivity index (χ1v) is 12.2. The lowest BCUT2D eigenvalue weighted by Crippen LogP contribution is -2.47. The number of fused-ring (bicyclic) bond motifs is 1. The third kappa shape index (κ3) is 4.17. The molecule has 0 amide bonds. The highest BCUT2D eigenvalue weighted by Gasteiger charge is 2.23. The fourth-order valence-electron chi connectivity index (χ4n) is 3.89. The second-order valence-corrected chi connectivity index (χ2v) is 10.9. The van der Waals surface area contributed by atoms with Gasteiger partial charge in [0, 0.05) is 67.1 Å². The predicted molar refractivity (Wildman–Crippen MR) is 116 cm³/mol. The van der Waals surface area contributed by atoms with Gasteiger partial charge in [0.25, 0.3) is 0 Å². The first-order chi connectivity index (χ1) is 13.3. The molecule has 2 aliphatic rings. The maximum atomic E-state index is 11.7. The van der Waals surface area contributed by atoms with Crippen LogP contribution < -0.4 is 9.75 Å². The van der Waals surface area contributed by atoms with Crippen molar-refractivity contribution < 1.29 is 8.42 Å². The van der Waals surface area contributed by atoms with Gasteiger partial charge in [-0.3, -0.25) is 4.90 Å².